The number of hydrogen-bond acceptors (Lipinski definition) is 3. The predicted octanol–water partition coefficient (Wildman–Crippen LogP) is 11.2. The number of nitrogens with zero attached hydrogens (tertiary/aromatic N) is 3. The van der Waals surface area contributed by atoms with Crippen molar-refractivity contribution in [2.24, 2.45) is 0 Å². The molecule has 8 rings (SSSR count). The van der Waals surface area contributed by atoms with Gasteiger partial charge in [-0.15, -0.1) is 0 Å². The van der Waals surface area contributed by atoms with Crippen molar-refractivity contribution in [3.8, 4) is 67.3 Å². The van der Waals surface area contributed by atoms with Gasteiger partial charge in [-0.2, -0.15) is 9.97 Å². The first-order valence-electron chi connectivity index (χ1n) is 15.5. The highest BCUT2D eigenvalue weighted by molar-refractivity contribution is 6.28. The first-order chi connectivity index (χ1) is 22.4. The van der Waals surface area contributed by atoms with Crippen molar-refractivity contribution >= 4 is 11.6 Å². The Morgan fingerprint density at radius 1 is 0.391 bits per heavy atom. The van der Waals surface area contributed by atoms with Gasteiger partial charge in [0, 0.05) is 16.5 Å². The Morgan fingerprint density at radius 3 is 1.63 bits per heavy atom. The van der Waals surface area contributed by atoms with Gasteiger partial charge in [0.15, 0.2) is 11.6 Å². The lowest BCUT2D eigenvalue weighted by Gasteiger charge is -2.22. The zero-order valence-electron chi connectivity index (χ0n) is 25.6. The monoisotopic (exact) mass is 611 g/mol. The number of benzene rings is 6. The average Bonchev–Trinajstić information content (AvgIpc) is 3.34. The largest absolute Gasteiger partial charge is 0.226 e. The van der Waals surface area contributed by atoms with Crippen LogP contribution in [0.2, 0.25) is 5.28 Å². The van der Waals surface area contributed by atoms with Gasteiger partial charge >= 0.3 is 0 Å². The van der Waals surface area contributed by atoms with Crippen molar-refractivity contribution < 1.29 is 0 Å². The fourth-order valence-electron chi connectivity index (χ4n) is 6.68. The number of rotatable bonds is 5. The summed E-state index contributed by atoms with van der Waals surface area (Å²) in [6, 6.07) is 51.1. The molecule has 4 heteroatoms. The number of halogens is 1. The molecule has 0 bridgehead atoms. The molecule has 220 valence electrons. The summed E-state index contributed by atoms with van der Waals surface area (Å²) in [6.07, 6.45) is 0. The van der Waals surface area contributed by atoms with Crippen molar-refractivity contribution in [2.45, 2.75) is 19.3 Å². The van der Waals surface area contributed by atoms with Crippen LogP contribution in [0.5, 0.6) is 0 Å². The zero-order chi connectivity index (χ0) is 31.3. The Bertz CT molecular complexity index is 2240. The molecular formula is C42H30ClN3. The first kappa shape index (κ1) is 28.1. The molecule has 0 aliphatic heterocycles. The van der Waals surface area contributed by atoms with E-state index in [0.717, 1.165) is 44.5 Å². The highest BCUT2D eigenvalue weighted by Crippen LogP contribution is 2.49. The van der Waals surface area contributed by atoms with Gasteiger partial charge in [0.05, 0.1) is 0 Å². The second-order valence-electron chi connectivity index (χ2n) is 12.3. The molecule has 0 atom stereocenters. The molecule has 6 aromatic carbocycles. The molecule has 0 unspecified atom stereocenters. The Hall–Kier alpha value is -5.38. The van der Waals surface area contributed by atoms with Crippen molar-refractivity contribution in [1.29, 1.82) is 0 Å². The minimum Gasteiger partial charge on any atom is -0.208 e. The fraction of sp³-hybridized carbons (Fsp3) is 0.0714. The normalized spacial score (nSPS) is 12.8. The predicted molar refractivity (Wildman–Crippen MR) is 190 cm³/mol. The summed E-state index contributed by atoms with van der Waals surface area (Å²) < 4.78 is 0. The second-order valence-corrected chi connectivity index (χ2v) is 12.6. The van der Waals surface area contributed by atoms with Crippen LogP contribution in [0.1, 0.15) is 25.0 Å². The van der Waals surface area contributed by atoms with Crippen LogP contribution in [0.15, 0.2) is 146 Å². The van der Waals surface area contributed by atoms with E-state index in [2.05, 4.69) is 133 Å². The Kier molecular flexibility index (Phi) is 6.85. The molecule has 0 amide bonds. The maximum absolute atomic E-state index is 6.60. The Balaban J connectivity index is 1.26. The maximum atomic E-state index is 6.60. The van der Waals surface area contributed by atoms with Gasteiger partial charge in [-0.05, 0) is 97.6 Å². The summed E-state index contributed by atoms with van der Waals surface area (Å²) in [5.74, 6) is 1.07. The Morgan fingerprint density at radius 2 is 0.891 bits per heavy atom. The minimum atomic E-state index is -0.0905. The summed E-state index contributed by atoms with van der Waals surface area (Å²) in [6.45, 7) is 4.63. The van der Waals surface area contributed by atoms with E-state index in [1.165, 1.54) is 22.3 Å². The molecule has 0 radical (unpaired) electrons. The van der Waals surface area contributed by atoms with Crippen LogP contribution < -0.4 is 0 Å². The topological polar surface area (TPSA) is 38.7 Å². The van der Waals surface area contributed by atoms with E-state index >= 15 is 0 Å². The third-order valence-corrected chi connectivity index (χ3v) is 9.22. The summed E-state index contributed by atoms with van der Waals surface area (Å²) in [5, 5.41) is 0.161. The smallest absolute Gasteiger partial charge is 0.208 e. The molecule has 0 saturated carbocycles. The van der Waals surface area contributed by atoms with Gasteiger partial charge in [0.2, 0.25) is 5.28 Å². The summed E-state index contributed by atoms with van der Waals surface area (Å²) >= 11 is 6.60. The molecule has 1 aliphatic rings. The van der Waals surface area contributed by atoms with E-state index in [4.69, 9.17) is 16.6 Å². The number of hydrogen-bond donors (Lipinski definition) is 0. The van der Waals surface area contributed by atoms with E-state index in [0.29, 0.717) is 11.6 Å². The van der Waals surface area contributed by atoms with Crippen LogP contribution >= 0.6 is 11.6 Å². The lowest BCUT2D eigenvalue weighted by atomic mass is 9.81. The standard InChI is InChI=1S/C42H30ClN3/c1-42(2)37-19-10-9-18-35(37)36-21-20-30(26-38(36)42)33-23-32(28-14-7-4-8-15-28)24-34(25-33)40-44-39(45-41(43)46-40)31-17-11-16-29(22-31)27-12-5-3-6-13-27/h3-26H,1-2H3. The van der Waals surface area contributed by atoms with Crippen LogP contribution in [0, 0.1) is 0 Å². The minimum absolute atomic E-state index is 0.0905. The van der Waals surface area contributed by atoms with Crippen LogP contribution in [0.3, 0.4) is 0 Å². The van der Waals surface area contributed by atoms with Crippen molar-refractivity contribution in [1.82, 2.24) is 15.0 Å². The van der Waals surface area contributed by atoms with Gasteiger partial charge in [0.1, 0.15) is 0 Å². The van der Waals surface area contributed by atoms with E-state index in [9.17, 15) is 0 Å². The lowest BCUT2D eigenvalue weighted by molar-refractivity contribution is 0.660. The van der Waals surface area contributed by atoms with E-state index < -0.39 is 0 Å². The van der Waals surface area contributed by atoms with Crippen molar-refractivity contribution in [3.63, 3.8) is 0 Å². The van der Waals surface area contributed by atoms with Crippen molar-refractivity contribution in [2.75, 3.05) is 0 Å². The maximum Gasteiger partial charge on any atom is 0.226 e. The highest BCUT2D eigenvalue weighted by atomic mass is 35.5. The van der Waals surface area contributed by atoms with Gasteiger partial charge in [-0.1, -0.05) is 129 Å². The molecule has 0 N–H and O–H groups in total. The molecule has 1 aliphatic carbocycles. The SMILES string of the molecule is CC1(C)c2ccccc2-c2ccc(-c3cc(-c4ccccc4)cc(-c4nc(Cl)nc(-c5cccc(-c6ccccc6)c5)n4)c3)cc21. The zero-order valence-corrected chi connectivity index (χ0v) is 26.3. The van der Waals surface area contributed by atoms with Crippen LogP contribution in [-0.2, 0) is 5.41 Å². The molecule has 1 aromatic heterocycles. The highest BCUT2D eigenvalue weighted by Gasteiger charge is 2.35. The average molecular weight is 612 g/mol. The van der Waals surface area contributed by atoms with E-state index in [1.54, 1.807) is 0 Å². The third kappa shape index (κ3) is 4.99. The van der Waals surface area contributed by atoms with Gasteiger partial charge in [-0.3, -0.25) is 0 Å². The molecule has 46 heavy (non-hydrogen) atoms. The van der Waals surface area contributed by atoms with Gasteiger partial charge < -0.3 is 0 Å². The molecule has 0 spiro atoms. The molecule has 0 fully saturated rings. The molecule has 0 saturated heterocycles. The van der Waals surface area contributed by atoms with Crippen LogP contribution in [0.4, 0.5) is 0 Å². The van der Waals surface area contributed by atoms with Gasteiger partial charge in [-0.25, -0.2) is 4.98 Å². The fourth-order valence-corrected chi connectivity index (χ4v) is 6.84. The van der Waals surface area contributed by atoms with Crippen LogP contribution in [-0.4, -0.2) is 15.0 Å². The number of fused-ring (bicyclic) bond motifs is 3. The summed E-state index contributed by atoms with van der Waals surface area (Å²) in [4.78, 5) is 14.2. The molecule has 7 aromatic rings. The summed E-state index contributed by atoms with van der Waals surface area (Å²) in [7, 11) is 0. The summed E-state index contributed by atoms with van der Waals surface area (Å²) in [5.41, 5.74) is 13.7. The molecular weight excluding hydrogens is 582 g/mol. The number of aromatic nitrogens is 3. The van der Waals surface area contributed by atoms with Crippen molar-refractivity contribution in [3.05, 3.63) is 162 Å². The van der Waals surface area contributed by atoms with Gasteiger partial charge in [0.25, 0.3) is 0 Å². The lowest BCUT2D eigenvalue weighted by Crippen LogP contribution is -2.14. The van der Waals surface area contributed by atoms with E-state index in [1.807, 2.05) is 36.4 Å². The first-order valence-corrected chi connectivity index (χ1v) is 15.8. The molecule has 3 nitrogen and oxygen atoms in total. The quantitative estimate of drug-likeness (QED) is 0.194. The second kappa shape index (κ2) is 11.2. The molecule has 1 heterocycles. The van der Waals surface area contributed by atoms with Crippen LogP contribution in [0.25, 0.3) is 67.3 Å². The third-order valence-electron chi connectivity index (χ3n) is 9.05. The van der Waals surface area contributed by atoms with E-state index in [-0.39, 0.29) is 10.7 Å². The Labute approximate surface area is 274 Å².